The van der Waals surface area contributed by atoms with E-state index >= 15 is 0 Å². The van der Waals surface area contributed by atoms with Crippen LogP contribution in [0.5, 0.6) is 11.5 Å². The molecule has 5 nitrogen and oxygen atoms in total. The van der Waals surface area contributed by atoms with Crippen molar-refractivity contribution in [3.63, 3.8) is 0 Å². The molecule has 4 aromatic rings. The summed E-state index contributed by atoms with van der Waals surface area (Å²) >= 11 is 0. The highest BCUT2D eigenvalue weighted by atomic mass is 16.5. The maximum absolute atomic E-state index is 12.6. The molecule has 1 aromatic heterocycles. The van der Waals surface area contributed by atoms with Gasteiger partial charge in [0.2, 0.25) is 0 Å². The summed E-state index contributed by atoms with van der Waals surface area (Å²) in [6, 6.07) is 23.0. The number of ether oxygens (including phenoxy) is 2. The fourth-order valence-corrected chi connectivity index (χ4v) is 3.29. The number of carbonyl (C=O) groups is 1. The van der Waals surface area contributed by atoms with E-state index in [0.717, 1.165) is 22.1 Å². The summed E-state index contributed by atoms with van der Waals surface area (Å²) in [5.41, 5.74) is 1.36. The first kappa shape index (κ1) is 19.6. The molecule has 3 aromatic carbocycles. The third-order valence-electron chi connectivity index (χ3n) is 4.76. The second-order valence-electron chi connectivity index (χ2n) is 6.78. The van der Waals surface area contributed by atoms with Crippen molar-refractivity contribution in [3.8, 4) is 11.5 Å². The summed E-state index contributed by atoms with van der Waals surface area (Å²) in [4.78, 5) is 12.6. The van der Waals surface area contributed by atoms with Crippen LogP contribution < -0.4 is 14.8 Å². The predicted molar refractivity (Wildman–Crippen MR) is 116 cm³/mol. The molecule has 0 saturated heterocycles. The van der Waals surface area contributed by atoms with Gasteiger partial charge in [0, 0.05) is 16.5 Å². The Hall–Kier alpha value is -3.73. The van der Waals surface area contributed by atoms with Crippen molar-refractivity contribution < 1.29 is 18.7 Å². The zero-order valence-electron chi connectivity index (χ0n) is 16.8. The van der Waals surface area contributed by atoms with Crippen molar-refractivity contribution in [1.29, 1.82) is 0 Å². The van der Waals surface area contributed by atoms with Gasteiger partial charge in [0.1, 0.15) is 23.9 Å². The maximum Gasteiger partial charge on any atom is 0.251 e. The lowest BCUT2D eigenvalue weighted by Gasteiger charge is -2.14. The lowest BCUT2D eigenvalue weighted by atomic mass is 10.1. The summed E-state index contributed by atoms with van der Waals surface area (Å²) < 4.78 is 17.1. The third kappa shape index (κ3) is 4.46. The van der Waals surface area contributed by atoms with Crippen molar-refractivity contribution in [3.05, 3.63) is 95.9 Å². The van der Waals surface area contributed by atoms with Crippen molar-refractivity contribution in [2.45, 2.75) is 20.1 Å². The minimum Gasteiger partial charge on any atom is -0.493 e. The Morgan fingerprint density at radius 3 is 2.63 bits per heavy atom. The number of fused-ring (bicyclic) bond motifs is 1. The topological polar surface area (TPSA) is 60.7 Å². The van der Waals surface area contributed by atoms with Crippen LogP contribution in [0, 0.1) is 0 Å². The van der Waals surface area contributed by atoms with Gasteiger partial charge in [-0.15, -0.1) is 0 Å². The lowest BCUT2D eigenvalue weighted by Crippen LogP contribution is -2.22. The average molecular weight is 401 g/mol. The Morgan fingerprint density at radius 1 is 0.933 bits per heavy atom. The Morgan fingerprint density at radius 2 is 1.80 bits per heavy atom. The molecule has 1 N–H and O–H groups in total. The van der Waals surface area contributed by atoms with Crippen LogP contribution in [0.4, 0.5) is 0 Å². The lowest BCUT2D eigenvalue weighted by molar-refractivity contribution is 0.0948. The van der Waals surface area contributed by atoms with E-state index in [9.17, 15) is 4.79 Å². The first-order valence-electron chi connectivity index (χ1n) is 9.91. The van der Waals surface area contributed by atoms with Gasteiger partial charge >= 0.3 is 0 Å². The van der Waals surface area contributed by atoms with Gasteiger partial charge in [-0.1, -0.05) is 36.4 Å². The minimum absolute atomic E-state index is 0.180. The average Bonchev–Trinajstić information content (AvgIpc) is 3.30. The van der Waals surface area contributed by atoms with Gasteiger partial charge in [0.25, 0.3) is 5.91 Å². The van der Waals surface area contributed by atoms with Crippen LogP contribution in [-0.2, 0) is 13.2 Å². The molecule has 30 heavy (non-hydrogen) atoms. The molecular weight excluding hydrogens is 378 g/mol. The highest BCUT2D eigenvalue weighted by Gasteiger charge is 2.12. The van der Waals surface area contributed by atoms with Gasteiger partial charge < -0.3 is 19.2 Å². The largest absolute Gasteiger partial charge is 0.493 e. The van der Waals surface area contributed by atoms with Crippen LogP contribution >= 0.6 is 0 Å². The van der Waals surface area contributed by atoms with E-state index in [1.165, 1.54) is 0 Å². The van der Waals surface area contributed by atoms with Crippen LogP contribution in [0.15, 0.2) is 83.5 Å². The van der Waals surface area contributed by atoms with Crippen LogP contribution in [-0.4, -0.2) is 12.5 Å². The number of hydrogen-bond acceptors (Lipinski definition) is 4. The first-order valence-corrected chi connectivity index (χ1v) is 9.91. The van der Waals surface area contributed by atoms with Crippen molar-refractivity contribution in [1.82, 2.24) is 5.32 Å². The summed E-state index contributed by atoms with van der Waals surface area (Å²) in [6.07, 6.45) is 1.58. The first-order chi connectivity index (χ1) is 14.7. The van der Waals surface area contributed by atoms with E-state index in [-0.39, 0.29) is 5.91 Å². The molecule has 1 heterocycles. The van der Waals surface area contributed by atoms with Crippen LogP contribution in [0.1, 0.15) is 28.6 Å². The molecule has 0 atom stereocenters. The van der Waals surface area contributed by atoms with E-state index in [1.54, 1.807) is 18.4 Å². The number of furan rings is 1. The molecule has 4 rings (SSSR count). The van der Waals surface area contributed by atoms with Crippen molar-refractivity contribution >= 4 is 16.7 Å². The minimum atomic E-state index is -0.180. The monoisotopic (exact) mass is 401 g/mol. The SMILES string of the molecule is CCOc1ccc(C(=O)NCc2ccco2)cc1COc1cccc2ccccc12. The molecule has 0 fully saturated rings. The smallest absolute Gasteiger partial charge is 0.251 e. The normalized spacial score (nSPS) is 10.7. The van der Waals surface area contributed by atoms with E-state index in [4.69, 9.17) is 13.9 Å². The molecule has 0 aliphatic carbocycles. The molecule has 5 heteroatoms. The van der Waals surface area contributed by atoms with Crippen LogP contribution in [0.25, 0.3) is 10.8 Å². The molecule has 0 unspecified atom stereocenters. The molecule has 0 saturated carbocycles. The Bertz CT molecular complexity index is 1130. The number of hydrogen-bond donors (Lipinski definition) is 1. The van der Waals surface area contributed by atoms with Crippen LogP contribution in [0.2, 0.25) is 0 Å². The summed E-state index contributed by atoms with van der Waals surface area (Å²) in [5.74, 6) is 2.03. The molecule has 0 radical (unpaired) electrons. The Balaban J connectivity index is 1.53. The van der Waals surface area contributed by atoms with E-state index in [1.807, 2.05) is 55.5 Å². The molecule has 0 spiro atoms. The number of rotatable bonds is 8. The van der Waals surface area contributed by atoms with E-state index in [0.29, 0.717) is 36.8 Å². The summed E-state index contributed by atoms with van der Waals surface area (Å²) in [6.45, 7) is 3.09. The van der Waals surface area contributed by atoms with Gasteiger partial charge in [0.15, 0.2) is 0 Å². The predicted octanol–water partition coefficient (Wildman–Crippen LogP) is 5.34. The molecule has 0 bridgehead atoms. The Kier molecular flexibility index (Phi) is 5.99. The number of nitrogens with one attached hydrogen (secondary N) is 1. The van der Waals surface area contributed by atoms with E-state index in [2.05, 4.69) is 17.4 Å². The quantitative estimate of drug-likeness (QED) is 0.433. The zero-order chi connectivity index (χ0) is 20.8. The van der Waals surface area contributed by atoms with Crippen molar-refractivity contribution in [2.24, 2.45) is 0 Å². The van der Waals surface area contributed by atoms with Gasteiger partial charge in [0.05, 0.1) is 19.4 Å². The second-order valence-corrected chi connectivity index (χ2v) is 6.78. The fourth-order valence-electron chi connectivity index (χ4n) is 3.29. The maximum atomic E-state index is 12.6. The number of benzene rings is 3. The number of amides is 1. The molecule has 1 amide bonds. The van der Waals surface area contributed by atoms with Crippen molar-refractivity contribution in [2.75, 3.05) is 6.61 Å². The third-order valence-corrected chi connectivity index (χ3v) is 4.76. The molecule has 0 aliphatic heterocycles. The van der Waals surface area contributed by atoms with Gasteiger partial charge in [-0.05, 0) is 48.7 Å². The standard InChI is InChI=1S/C25H23NO4/c1-2-28-23-13-12-19(25(27)26-16-21-9-6-14-29-21)15-20(23)17-30-24-11-5-8-18-7-3-4-10-22(18)24/h3-15H,2,16-17H2,1H3,(H,26,27). The number of carbonyl (C=O) groups excluding carboxylic acids is 1. The van der Waals surface area contributed by atoms with Gasteiger partial charge in [-0.2, -0.15) is 0 Å². The van der Waals surface area contributed by atoms with Gasteiger partial charge in [-0.3, -0.25) is 4.79 Å². The summed E-state index contributed by atoms with van der Waals surface area (Å²) in [7, 11) is 0. The highest BCUT2D eigenvalue weighted by Crippen LogP contribution is 2.28. The zero-order valence-corrected chi connectivity index (χ0v) is 16.8. The molecular formula is C25H23NO4. The molecule has 152 valence electrons. The fraction of sp³-hybridized carbons (Fsp3) is 0.160. The summed E-state index contributed by atoms with van der Waals surface area (Å²) in [5, 5.41) is 5.03. The molecule has 0 aliphatic rings. The van der Waals surface area contributed by atoms with Gasteiger partial charge in [-0.25, -0.2) is 0 Å². The second kappa shape index (κ2) is 9.18. The van der Waals surface area contributed by atoms with E-state index < -0.39 is 0 Å². The Labute approximate surface area is 175 Å². The van der Waals surface area contributed by atoms with Crippen LogP contribution in [0.3, 0.4) is 0 Å². The highest BCUT2D eigenvalue weighted by molar-refractivity contribution is 5.94.